The molecule has 1 atom stereocenters. The monoisotopic (exact) mass is 162 g/mol. The van der Waals surface area contributed by atoms with Crippen LogP contribution in [0.2, 0.25) is 0 Å². The lowest BCUT2D eigenvalue weighted by Gasteiger charge is -2.09. The molecule has 1 saturated heterocycles. The second kappa shape index (κ2) is 3.23. The minimum Gasteiger partial charge on any atom is -0.310 e. The molecular formula is C10H14N2. The van der Waals surface area contributed by atoms with Crippen LogP contribution in [0, 0.1) is 6.92 Å². The molecule has 0 amide bonds. The maximum absolute atomic E-state index is 4.19. The largest absolute Gasteiger partial charge is 0.310 e. The Morgan fingerprint density at radius 2 is 2.42 bits per heavy atom. The minimum atomic E-state index is 0.553. The zero-order chi connectivity index (χ0) is 8.39. The van der Waals surface area contributed by atoms with Gasteiger partial charge in [-0.3, -0.25) is 4.98 Å². The Morgan fingerprint density at radius 1 is 1.50 bits per heavy atom. The van der Waals surface area contributed by atoms with Gasteiger partial charge in [-0.1, -0.05) is 6.07 Å². The van der Waals surface area contributed by atoms with Crippen molar-refractivity contribution < 1.29 is 0 Å². The van der Waals surface area contributed by atoms with E-state index in [1.165, 1.54) is 24.0 Å². The van der Waals surface area contributed by atoms with Crippen LogP contribution < -0.4 is 5.32 Å². The Morgan fingerprint density at radius 3 is 3.08 bits per heavy atom. The molecule has 1 aliphatic rings. The van der Waals surface area contributed by atoms with Gasteiger partial charge in [0, 0.05) is 18.4 Å². The highest BCUT2D eigenvalue weighted by molar-refractivity contribution is 5.20. The Kier molecular flexibility index (Phi) is 2.09. The number of aryl methyl sites for hydroxylation is 1. The van der Waals surface area contributed by atoms with Gasteiger partial charge in [0.2, 0.25) is 0 Å². The molecule has 1 fully saturated rings. The summed E-state index contributed by atoms with van der Waals surface area (Å²) in [6, 6.07) is 2.77. The molecule has 64 valence electrons. The maximum atomic E-state index is 4.19. The van der Waals surface area contributed by atoms with E-state index in [-0.39, 0.29) is 0 Å². The third-order valence-electron chi connectivity index (χ3n) is 2.36. The van der Waals surface area contributed by atoms with Crippen LogP contribution in [0.15, 0.2) is 18.5 Å². The van der Waals surface area contributed by atoms with Gasteiger partial charge < -0.3 is 5.32 Å². The molecule has 2 nitrogen and oxygen atoms in total. The summed E-state index contributed by atoms with van der Waals surface area (Å²) < 4.78 is 0. The molecule has 0 aromatic carbocycles. The van der Waals surface area contributed by atoms with Crippen molar-refractivity contribution in [2.24, 2.45) is 0 Å². The molecule has 2 heterocycles. The van der Waals surface area contributed by atoms with Crippen LogP contribution in [-0.4, -0.2) is 11.5 Å². The quantitative estimate of drug-likeness (QED) is 0.681. The first-order valence-corrected chi connectivity index (χ1v) is 4.51. The van der Waals surface area contributed by atoms with Crippen molar-refractivity contribution in [1.29, 1.82) is 0 Å². The van der Waals surface area contributed by atoms with E-state index in [0.717, 1.165) is 6.54 Å². The Bertz CT molecular complexity index is 264. The van der Waals surface area contributed by atoms with Crippen LogP contribution >= 0.6 is 0 Å². The fourth-order valence-electron chi connectivity index (χ4n) is 1.74. The zero-order valence-electron chi connectivity index (χ0n) is 7.38. The highest BCUT2D eigenvalue weighted by Gasteiger charge is 2.15. The van der Waals surface area contributed by atoms with Crippen molar-refractivity contribution in [3.63, 3.8) is 0 Å². The van der Waals surface area contributed by atoms with E-state index in [0.29, 0.717) is 6.04 Å². The average Bonchev–Trinajstić information content (AvgIpc) is 2.56. The predicted octanol–water partition coefficient (Wildman–Crippen LogP) is 1.81. The van der Waals surface area contributed by atoms with Gasteiger partial charge in [0.15, 0.2) is 0 Å². The zero-order valence-corrected chi connectivity index (χ0v) is 7.38. The Hall–Kier alpha value is -0.890. The molecule has 0 spiro atoms. The number of rotatable bonds is 1. The second-order valence-corrected chi connectivity index (χ2v) is 3.44. The second-order valence-electron chi connectivity index (χ2n) is 3.44. The molecule has 2 rings (SSSR count). The normalized spacial score (nSPS) is 22.9. The molecule has 0 saturated carbocycles. The molecule has 1 N–H and O–H groups in total. The molecule has 1 unspecified atom stereocenters. The number of hydrogen-bond donors (Lipinski definition) is 1. The van der Waals surface area contributed by atoms with Gasteiger partial charge in [0.25, 0.3) is 0 Å². The van der Waals surface area contributed by atoms with E-state index in [4.69, 9.17) is 0 Å². The van der Waals surface area contributed by atoms with Crippen molar-refractivity contribution in [1.82, 2.24) is 10.3 Å². The van der Waals surface area contributed by atoms with Gasteiger partial charge in [0.1, 0.15) is 0 Å². The molecule has 2 heteroatoms. The molecule has 1 aromatic heterocycles. The lowest BCUT2D eigenvalue weighted by Crippen LogP contribution is -2.12. The van der Waals surface area contributed by atoms with E-state index >= 15 is 0 Å². The SMILES string of the molecule is Cc1cncc(C2CCCN2)c1. The van der Waals surface area contributed by atoms with Gasteiger partial charge in [-0.15, -0.1) is 0 Å². The highest BCUT2D eigenvalue weighted by Crippen LogP contribution is 2.22. The summed E-state index contributed by atoms with van der Waals surface area (Å²) in [6.45, 7) is 3.24. The minimum absolute atomic E-state index is 0.553. The highest BCUT2D eigenvalue weighted by atomic mass is 14.9. The van der Waals surface area contributed by atoms with Crippen LogP contribution in [0.1, 0.15) is 30.0 Å². The Labute approximate surface area is 73.0 Å². The first kappa shape index (κ1) is 7.74. The van der Waals surface area contributed by atoms with Gasteiger partial charge in [0.05, 0.1) is 0 Å². The van der Waals surface area contributed by atoms with Crippen molar-refractivity contribution in [3.05, 3.63) is 29.6 Å². The van der Waals surface area contributed by atoms with E-state index in [2.05, 4.69) is 23.3 Å². The van der Waals surface area contributed by atoms with Gasteiger partial charge in [-0.25, -0.2) is 0 Å². The fourth-order valence-corrected chi connectivity index (χ4v) is 1.74. The third kappa shape index (κ3) is 1.48. The number of nitrogens with zero attached hydrogens (tertiary/aromatic N) is 1. The summed E-state index contributed by atoms with van der Waals surface area (Å²) in [4.78, 5) is 4.19. The molecular weight excluding hydrogens is 148 g/mol. The summed E-state index contributed by atoms with van der Waals surface area (Å²) in [7, 11) is 0. The maximum Gasteiger partial charge on any atom is 0.0336 e. The van der Waals surface area contributed by atoms with Crippen LogP contribution in [-0.2, 0) is 0 Å². The number of pyridine rings is 1. The van der Waals surface area contributed by atoms with Crippen LogP contribution in [0.3, 0.4) is 0 Å². The lowest BCUT2D eigenvalue weighted by atomic mass is 10.1. The Balaban J connectivity index is 2.21. The fraction of sp³-hybridized carbons (Fsp3) is 0.500. The van der Waals surface area contributed by atoms with Gasteiger partial charge >= 0.3 is 0 Å². The summed E-state index contributed by atoms with van der Waals surface area (Å²) in [5.41, 5.74) is 2.59. The van der Waals surface area contributed by atoms with Crippen molar-refractivity contribution in [3.8, 4) is 0 Å². The summed E-state index contributed by atoms with van der Waals surface area (Å²) >= 11 is 0. The molecule has 0 radical (unpaired) electrons. The first-order valence-electron chi connectivity index (χ1n) is 4.51. The first-order chi connectivity index (χ1) is 5.86. The summed E-state index contributed by atoms with van der Waals surface area (Å²) in [6.07, 6.45) is 6.41. The topological polar surface area (TPSA) is 24.9 Å². The number of nitrogens with one attached hydrogen (secondary N) is 1. The number of aromatic nitrogens is 1. The molecule has 12 heavy (non-hydrogen) atoms. The predicted molar refractivity (Wildman–Crippen MR) is 49.0 cm³/mol. The van der Waals surface area contributed by atoms with Crippen molar-refractivity contribution in [2.45, 2.75) is 25.8 Å². The van der Waals surface area contributed by atoms with Crippen LogP contribution in [0.5, 0.6) is 0 Å². The number of hydrogen-bond acceptors (Lipinski definition) is 2. The molecule has 0 aliphatic carbocycles. The molecule has 1 aliphatic heterocycles. The smallest absolute Gasteiger partial charge is 0.0336 e. The van der Waals surface area contributed by atoms with Gasteiger partial charge in [-0.2, -0.15) is 0 Å². The van der Waals surface area contributed by atoms with E-state index in [1.54, 1.807) is 0 Å². The summed E-state index contributed by atoms with van der Waals surface area (Å²) in [5.74, 6) is 0. The van der Waals surface area contributed by atoms with Crippen molar-refractivity contribution in [2.75, 3.05) is 6.54 Å². The van der Waals surface area contributed by atoms with Crippen LogP contribution in [0.25, 0.3) is 0 Å². The molecule has 1 aromatic rings. The lowest BCUT2D eigenvalue weighted by molar-refractivity contribution is 0.644. The molecule has 0 bridgehead atoms. The standard InChI is InChI=1S/C10H14N2/c1-8-5-9(7-11-6-8)10-3-2-4-12-10/h5-7,10,12H,2-4H2,1H3. The van der Waals surface area contributed by atoms with E-state index < -0.39 is 0 Å². The summed E-state index contributed by atoms with van der Waals surface area (Å²) in [5, 5.41) is 3.46. The van der Waals surface area contributed by atoms with Crippen molar-refractivity contribution >= 4 is 0 Å². The van der Waals surface area contributed by atoms with Gasteiger partial charge in [-0.05, 0) is 37.4 Å². The van der Waals surface area contributed by atoms with E-state index in [9.17, 15) is 0 Å². The van der Waals surface area contributed by atoms with Crippen LogP contribution in [0.4, 0.5) is 0 Å². The van der Waals surface area contributed by atoms with E-state index in [1.807, 2.05) is 12.4 Å². The average molecular weight is 162 g/mol. The third-order valence-corrected chi connectivity index (χ3v) is 2.36.